The van der Waals surface area contributed by atoms with Crippen LogP contribution < -0.4 is 20.9 Å². The second-order valence-corrected chi connectivity index (χ2v) is 7.22. The molecule has 31 heavy (non-hydrogen) atoms. The number of carbonyl (C=O) groups excluding carboxylic acids is 1. The van der Waals surface area contributed by atoms with Gasteiger partial charge in [0.2, 0.25) is 0 Å². The Hall–Kier alpha value is -3.89. The van der Waals surface area contributed by atoms with Gasteiger partial charge in [-0.25, -0.2) is 0 Å². The highest BCUT2D eigenvalue weighted by molar-refractivity contribution is 7.80. The second-order valence-electron chi connectivity index (χ2n) is 6.81. The molecule has 3 rings (SSSR count). The summed E-state index contributed by atoms with van der Waals surface area (Å²) in [5.41, 5.74) is 8.32. The quantitative estimate of drug-likeness (QED) is 0.405. The number of hydrogen-bond donors (Lipinski definition) is 3. The first-order chi connectivity index (χ1) is 15.0. The van der Waals surface area contributed by atoms with Crippen molar-refractivity contribution in [2.45, 2.75) is 19.6 Å². The Kier molecular flexibility index (Phi) is 7.57. The van der Waals surface area contributed by atoms with Crippen LogP contribution in [0.25, 0.3) is 0 Å². The maximum absolute atomic E-state index is 12.5. The number of ether oxygens (including phenoxy) is 1. The monoisotopic (exact) mass is 430 g/mol. The van der Waals surface area contributed by atoms with E-state index in [1.165, 1.54) is 0 Å². The molecule has 0 aromatic heterocycles. The zero-order valence-corrected chi connectivity index (χ0v) is 17.8. The van der Waals surface area contributed by atoms with Crippen LogP contribution >= 0.6 is 12.2 Å². The average Bonchev–Trinajstić information content (AvgIpc) is 2.82. The van der Waals surface area contributed by atoms with Crippen LogP contribution in [0.5, 0.6) is 5.75 Å². The van der Waals surface area contributed by atoms with Gasteiger partial charge in [0.25, 0.3) is 5.91 Å². The molecule has 0 unspecified atom stereocenters. The van der Waals surface area contributed by atoms with Gasteiger partial charge in [-0.15, -0.1) is 0 Å². The Labute approximate surface area is 186 Å². The third-order valence-corrected chi connectivity index (χ3v) is 4.73. The molecule has 0 aliphatic carbocycles. The SMILES string of the molecule is C[C@@H](NC(=S)NNC(=O)c1cccc(COc2ccc(C#N)cc2)c1)c1ccccc1. The summed E-state index contributed by atoms with van der Waals surface area (Å²) in [6, 6.07) is 26.0. The summed E-state index contributed by atoms with van der Waals surface area (Å²) in [6.07, 6.45) is 0. The molecular weight excluding hydrogens is 408 g/mol. The van der Waals surface area contributed by atoms with Gasteiger partial charge in [0, 0.05) is 5.56 Å². The van der Waals surface area contributed by atoms with Crippen LogP contribution in [0.2, 0.25) is 0 Å². The third-order valence-electron chi connectivity index (χ3n) is 4.51. The zero-order valence-electron chi connectivity index (χ0n) is 17.0. The molecule has 3 N–H and O–H groups in total. The van der Waals surface area contributed by atoms with Crippen molar-refractivity contribution in [3.8, 4) is 11.8 Å². The van der Waals surface area contributed by atoms with Gasteiger partial charge in [-0.05, 0) is 66.7 Å². The van der Waals surface area contributed by atoms with Crippen molar-refractivity contribution >= 4 is 23.2 Å². The number of nitriles is 1. The molecule has 156 valence electrons. The molecule has 6 nitrogen and oxygen atoms in total. The first-order valence-corrected chi connectivity index (χ1v) is 10.1. The summed E-state index contributed by atoms with van der Waals surface area (Å²) in [4.78, 5) is 12.5. The molecule has 0 spiro atoms. The number of hydrazine groups is 1. The van der Waals surface area contributed by atoms with Gasteiger partial charge in [-0.2, -0.15) is 5.26 Å². The van der Waals surface area contributed by atoms with Crippen LogP contribution in [-0.2, 0) is 6.61 Å². The lowest BCUT2D eigenvalue weighted by molar-refractivity contribution is 0.0943. The highest BCUT2D eigenvalue weighted by Crippen LogP contribution is 2.15. The predicted octanol–water partition coefficient (Wildman–Crippen LogP) is 4.01. The fourth-order valence-electron chi connectivity index (χ4n) is 2.84. The lowest BCUT2D eigenvalue weighted by Gasteiger charge is -2.17. The first kappa shape index (κ1) is 21.8. The normalized spacial score (nSPS) is 11.0. The number of rotatable bonds is 6. The fraction of sp³-hybridized carbons (Fsp3) is 0.125. The summed E-state index contributed by atoms with van der Waals surface area (Å²) < 4.78 is 5.72. The van der Waals surface area contributed by atoms with Crippen LogP contribution in [0.4, 0.5) is 0 Å². The first-order valence-electron chi connectivity index (χ1n) is 9.69. The fourth-order valence-corrected chi connectivity index (χ4v) is 3.07. The van der Waals surface area contributed by atoms with Crippen molar-refractivity contribution in [3.05, 3.63) is 101 Å². The predicted molar refractivity (Wildman–Crippen MR) is 123 cm³/mol. The second kappa shape index (κ2) is 10.8. The Balaban J connectivity index is 1.50. The number of carbonyl (C=O) groups is 1. The van der Waals surface area contributed by atoms with E-state index in [1.807, 2.05) is 43.3 Å². The molecular formula is C24H22N4O2S. The Bertz CT molecular complexity index is 1080. The van der Waals surface area contributed by atoms with Crippen molar-refractivity contribution in [2.75, 3.05) is 0 Å². The van der Waals surface area contributed by atoms with Crippen molar-refractivity contribution in [1.82, 2.24) is 16.2 Å². The molecule has 0 saturated heterocycles. The lowest BCUT2D eigenvalue weighted by Crippen LogP contribution is -2.47. The number of amides is 1. The van der Waals surface area contributed by atoms with Crippen LogP contribution in [0.15, 0.2) is 78.9 Å². The molecule has 1 amide bonds. The van der Waals surface area contributed by atoms with E-state index in [1.54, 1.807) is 42.5 Å². The summed E-state index contributed by atoms with van der Waals surface area (Å²) in [5.74, 6) is 0.344. The van der Waals surface area contributed by atoms with Crippen LogP contribution in [0, 0.1) is 11.3 Å². The van der Waals surface area contributed by atoms with Crippen LogP contribution in [0.1, 0.15) is 40.0 Å². The van der Waals surface area contributed by atoms with Gasteiger partial charge in [0.1, 0.15) is 12.4 Å². The third kappa shape index (κ3) is 6.56. The van der Waals surface area contributed by atoms with Gasteiger partial charge in [-0.1, -0.05) is 42.5 Å². The minimum absolute atomic E-state index is 0.000744. The van der Waals surface area contributed by atoms with E-state index in [0.29, 0.717) is 28.6 Å². The van der Waals surface area contributed by atoms with E-state index in [-0.39, 0.29) is 11.9 Å². The average molecular weight is 431 g/mol. The van der Waals surface area contributed by atoms with Crippen molar-refractivity contribution < 1.29 is 9.53 Å². The zero-order chi connectivity index (χ0) is 22.1. The Morgan fingerprint density at radius 1 is 1.03 bits per heavy atom. The maximum Gasteiger partial charge on any atom is 0.269 e. The van der Waals surface area contributed by atoms with E-state index in [9.17, 15) is 4.79 Å². The van der Waals surface area contributed by atoms with Crippen LogP contribution in [-0.4, -0.2) is 11.0 Å². The van der Waals surface area contributed by atoms with E-state index in [4.69, 9.17) is 22.2 Å². The smallest absolute Gasteiger partial charge is 0.269 e. The van der Waals surface area contributed by atoms with Crippen LogP contribution in [0.3, 0.4) is 0 Å². The van der Waals surface area contributed by atoms with E-state index < -0.39 is 0 Å². The van der Waals surface area contributed by atoms with E-state index >= 15 is 0 Å². The number of hydrogen-bond acceptors (Lipinski definition) is 4. The molecule has 1 atom stereocenters. The van der Waals surface area contributed by atoms with Gasteiger partial charge in [0.15, 0.2) is 5.11 Å². The maximum atomic E-state index is 12.5. The Morgan fingerprint density at radius 3 is 2.48 bits per heavy atom. The van der Waals surface area contributed by atoms with Gasteiger partial charge in [0.05, 0.1) is 17.7 Å². The molecule has 7 heteroatoms. The van der Waals surface area contributed by atoms with E-state index in [0.717, 1.165) is 11.1 Å². The largest absolute Gasteiger partial charge is 0.489 e. The van der Waals surface area contributed by atoms with Gasteiger partial charge < -0.3 is 10.1 Å². The Morgan fingerprint density at radius 2 is 1.77 bits per heavy atom. The number of benzene rings is 3. The minimum atomic E-state index is -0.309. The molecule has 0 saturated carbocycles. The van der Waals surface area contributed by atoms with Gasteiger partial charge >= 0.3 is 0 Å². The summed E-state index contributed by atoms with van der Waals surface area (Å²) >= 11 is 5.26. The summed E-state index contributed by atoms with van der Waals surface area (Å²) in [6.45, 7) is 2.29. The lowest BCUT2D eigenvalue weighted by atomic mass is 10.1. The molecule has 0 heterocycles. The number of nitrogens with zero attached hydrogens (tertiary/aromatic N) is 1. The standard InChI is InChI=1S/C24H22N4O2S/c1-17(20-7-3-2-4-8-20)26-24(31)28-27-23(29)21-9-5-6-19(14-21)16-30-22-12-10-18(15-25)11-13-22/h2-14,17H,16H2,1H3,(H,27,29)(H2,26,28,31)/t17-/m1/s1. The number of thiocarbonyl (C=S) groups is 1. The molecule has 0 radical (unpaired) electrons. The molecule has 0 bridgehead atoms. The molecule has 3 aromatic carbocycles. The molecule has 0 aliphatic heterocycles. The molecule has 3 aromatic rings. The molecule has 0 fully saturated rings. The summed E-state index contributed by atoms with van der Waals surface area (Å²) in [7, 11) is 0. The summed E-state index contributed by atoms with van der Waals surface area (Å²) in [5, 5.41) is 12.3. The van der Waals surface area contributed by atoms with Gasteiger partial charge in [-0.3, -0.25) is 15.6 Å². The molecule has 0 aliphatic rings. The van der Waals surface area contributed by atoms with Crippen molar-refractivity contribution in [1.29, 1.82) is 5.26 Å². The minimum Gasteiger partial charge on any atom is -0.489 e. The number of nitrogens with one attached hydrogen (secondary N) is 3. The van der Waals surface area contributed by atoms with Crippen molar-refractivity contribution in [3.63, 3.8) is 0 Å². The highest BCUT2D eigenvalue weighted by Gasteiger charge is 2.09. The van der Waals surface area contributed by atoms with E-state index in [2.05, 4.69) is 22.2 Å². The highest BCUT2D eigenvalue weighted by atomic mass is 32.1. The topological polar surface area (TPSA) is 86.2 Å². The van der Waals surface area contributed by atoms with Crippen molar-refractivity contribution in [2.24, 2.45) is 0 Å².